The maximum Gasteiger partial charge on any atom is 0.416 e. The van der Waals surface area contributed by atoms with E-state index in [4.69, 9.17) is 9.84 Å². The van der Waals surface area contributed by atoms with Gasteiger partial charge in [0.15, 0.2) is 0 Å². The number of fused-ring (bicyclic) bond motifs is 1. The van der Waals surface area contributed by atoms with Crippen molar-refractivity contribution < 1.29 is 32.2 Å². The van der Waals surface area contributed by atoms with Crippen molar-refractivity contribution in [3.8, 4) is 5.75 Å². The number of likely N-dealkylation sites (tertiary alicyclic amines) is 1. The molecule has 0 amide bonds. The number of alkyl halides is 3. The van der Waals surface area contributed by atoms with Crippen molar-refractivity contribution in [1.29, 1.82) is 0 Å². The van der Waals surface area contributed by atoms with E-state index >= 15 is 0 Å². The Balaban J connectivity index is 1.44. The Labute approximate surface area is 164 Å². The smallest absolute Gasteiger partial charge is 0.416 e. The van der Waals surface area contributed by atoms with Gasteiger partial charge >= 0.3 is 12.1 Å². The Kier molecular flexibility index (Phi) is 4.77. The molecule has 1 fully saturated rings. The second kappa shape index (κ2) is 7.02. The molecule has 2 aliphatic rings. The average molecular weight is 409 g/mol. The number of hydrogen-bond donors (Lipinski definition) is 1. The number of aliphatic carboxylic acids is 1. The highest BCUT2D eigenvalue weighted by Crippen LogP contribution is 2.44. The zero-order valence-electron chi connectivity index (χ0n) is 15.4. The van der Waals surface area contributed by atoms with Gasteiger partial charge in [0.25, 0.3) is 0 Å². The lowest BCUT2D eigenvalue weighted by atomic mass is 9.77. The molecule has 2 aromatic carbocycles. The summed E-state index contributed by atoms with van der Waals surface area (Å²) in [6, 6.07) is 8.21. The summed E-state index contributed by atoms with van der Waals surface area (Å²) < 4.78 is 58.8. The number of carboxylic acids is 1. The lowest BCUT2D eigenvalue weighted by Gasteiger charge is -2.47. The molecule has 1 N–H and O–H groups in total. The molecule has 0 aromatic heterocycles. The topological polar surface area (TPSA) is 49.8 Å². The van der Waals surface area contributed by atoms with Crippen LogP contribution in [0.1, 0.15) is 22.3 Å². The van der Waals surface area contributed by atoms with Gasteiger partial charge in [-0.05, 0) is 48.2 Å². The molecular formula is C21H19F4NO3. The van der Waals surface area contributed by atoms with Crippen LogP contribution in [0.4, 0.5) is 17.6 Å². The van der Waals surface area contributed by atoms with Crippen LogP contribution < -0.4 is 4.74 Å². The van der Waals surface area contributed by atoms with Crippen LogP contribution in [-0.4, -0.2) is 35.6 Å². The highest BCUT2D eigenvalue weighted by atomic mass is 19.4. The van der Waals surface area contributed by atoms with Crippen LogP contribution in [0.25, 0.3) is 0 Å². The summed E-state index contributed by atoms with van der Waals surface area (Å²) >= 11 is 0. The summed E-state index contributed by atoms with van der Waals surface area (Å²) in [5.74, 6) is -1.41. The molecule has 0 radical (unpaired) electrons. The van der Waals surface area contributed by atoms with Crippen LogP contribution in [-0.2, 0) is 30.4 Å². The normalized spacial score (nSPS) is 17.8. The first kappa shape index (κ1) is 19.7. The number of ether oxygens (including phenoxy) is 1. The number of benzene rings is 2. The monoisotopic (exact) mass is 409 g/mol. The summed E-state index contributed by atoms with van der Waals surface area (Å²) in [4.78, 5) is 12.7. The molecule has 8 heteroatoms. The van der Waals surface area contributed by atoms with Crippen LogP contribution in [0, 0.1) is 11.2 Å². The quantitative estimate of drug-likeness (QED) is 0.761. The Hall–Kier alpha value is -2.61. The van der Waals surface area contributed by atoms with Crippen LogP contribution in [0.15, 0.2) is 36.4 Å². The third-order valence-corrected chi connectivity index (χ3v) is 5.59. The molecule has 1 aliphatic carbocycles. The van der Waals surface area contributed by atoms with Gasteiger partial charge in [-0.15, -0.1) is 0 Å². The van der Waals surface area contributed by atoms with Gasteiger partial charge in [-0.2, -0.15) is 13.2 Å². The number of hydrogen-bond acceptors (Lipinski definition) is 3. The SMILES string of the molecule is O=C(O)CN1CC2(Cc3ccc(OCc4c(F)cccc4C(F)(F)F)cc3C2)C1. The molecule has 1 aliphatic heterocycles. The minimum atomic E-state index is -4.66. The molecule has 1 spiro atoms. The average Bonchev–Trinajstić information content (AvgIpc) is 2.97. The maximum atomic E-state index is 14.0. The highest BCUT2D eigenvalue weighted by molar-refractivity contribution is 5.69. The van der Waals surface area contributed by atoms with Crippen LogP contribution in [0.2, 0.25) is 0 Å². The molecule has 0 saturated carbocycles. The first-order valence-corrected chi connectivity index (χ1v) is 9.19. The fraction of sp³-hybridized carbons (Fsp3) is 0.381. The van der Waals surface area contributed by atoms with E-state index in [-0.39, 0.29) is 12.0 Å². The largest absolute Gasteiger partial charge is 0.489 e. The summed E-state index contributed by atoms with van der Waals surface area (Å²) in [6.45, 7) is 0.914. The van der Waals surface area contributed by atoms with Gasteiger partial charge in [-0.3, -0.25) is 9.69 Å². The van der Waals surface area contributed by atoms with Crippen LogP contribution in [0.3, 0.4) is 0 Å². The van der Waals surface area contributed by atoms with Crippen molar-refractivity contribution in [1.82, 2.24) is 4.90 Å². The number of carbonyl (C=O) groups is 1. The molecule has 0 bridgehead atoms. The molecule has 29 heavy (non-hydrogen) atoms. The predicted octanol–water partition coefficient (Wildman–Crippen LogP) is 3.91. The Morgan fingerprint density at radius 3 is 2.55 bits per heavy atom. The molecule has 2 aromatic rings. The summed E-state index contributed by atoms with van der Waals surface area (Å²) in [7, 11) is 0. The first-order chi connectivity index (χ1) is 13.7. The van der Waals surface area contributed by atoms with Crippen molar-refractivity contribution in [2.24, 2.45) is 5.41 Å². The van der Waals surface area contributed by atoms with Crippen molar-refractivity contribution in [3.05, 3.63) is 64.5 Å². The van der Waals surface area contributed by atoms with Gasteiger partial charge in [0, 0.05) is 24.1 Å². The summed E-state index contributed by atoms with van der Waals surface area (Å²) in [6.07, 6.45) is -3.05. The van der Waals surface area contributed by atoms with Crippen molar-refractivity contribution >= 4 is 5.97 Å². The Morgan fingerprint density at radius 1 is 1.14 bits per heavy atom. The zero-order valence-corrected chi connectivity index (χ0v) is 15.4. The third kappa shape index (κ3) is 3.94. The second-order valence-corrected chi connectivity index (χ2v) is 7.88. The molecule has 0 atom stereocenters. The fourth-order valence-electron chi connectivity index (χ4n) is 4.46. The summed E-state index contributed by atoms with van der Waals surface area (Å²) in [5.41, 5.74) is 0.646. The molecular weight excluding hydrogens is 390 g/mol. The standard InChI is InChI=1S/C21H19F4NO3/c22-18-3-1-2-17(21(23,24)25)16(18)10-29-15-5-4-13-7-20(8-14(13)6-15)11-26(12-20)9-19(27)28/h1-6H,7-12H2,(H,27,28). The van der Waals surface area contributed by atoms with Crippen LogP contribution >= 0.6 is 0 Å². The molecule has 1 saturated heterocycles. The fourth-order valence-corrected chi connectivity index (χ4v) is 4.46. The van der Waals surface area contributed by atoms with Gasteiger partial charge in [-0.1, -0.05) is 12.1 Å². The minimum absolute atomic E-state index is 0.0192. The third-order valence-electron chi connectivity index (χ3n) is 5.59. The van der Waals surface area contributed by atoms with E-state index in [0.29, 0.717) is 18.8 Å². The lowest BCUT2D eigenvalue weighted by molar-refractivity contribution is -0.142. The lowest BCUT2D eigenvalue weighted by Crippen LogP contribution is -2.58. The number of rotatable bonds is 5. The Morgan fingerprint density at radius 2 is 1.86 bits per heavy atom. The molecule has 154 valence electrons. The Bertz CT molecular complexity index is 951. The number of nitrogens with zero attached hydrogens (tertiary/aromatic N) is 1. The molecule has 0 unspecified atom stereocenters. The van der Waals surface area contributed by atoms with E-state index < -0.39 is 35.7 Å². The maximum absolute atomic E-state index is 14.0. The first-order valence-electron chi connectivity index (χ1n) is 9.19. The second-order valence-electron chi connectivity index (χ2n) is 7.88. The van der Waals surface area contributed by atoms with E-state index in [9.17, 15) is 22.4 Å². The van der Waals surface area contributed by atoms with E-state index in [0.717, 1.165) is 42.2 Å². The van der Waals surface area contributed by atoms with E-state index in [1.807, 2.05) is 11.0 Å². The minimum Gasteiger partial charge on any atom is -0.489 e. The predicted molar refractivity (Wildman–Crippen MR) is 96.1 cm³/mol. The van der Waals surface area contributed by atoms with E-state index in [1.54, 1.807) is 12.1 Å². The molecule has 1 heterocycles. The van der Waals surface area contributed by atoms with Crippen molar-refractivity contribution in [2.45, 2.75) is 25.6 Å². The van der Waals surface area contributed by atoms with Crippen molar-refractivity contribution in [2.75, 3.05) is 19.6 Å². The number of carboxylic acid groups (broad SMARTS) is 1. The van der Waals surface area contributed by atoms with E-state index in [2.05, 4.69) is 0 Å². The highest BCUT2D eigenvalue weighted by Gasteiger charge is 2.47. The van der Waals surface area contributed by atoms with Gasteiger partial charge < -0.3 is 9.84 Å². The van der Waals surface area contributed by atoms with E-state index in [1.165, 1.54) is 0 Å². The van der Waals surface area contributed by atoms with Gasteiger partial charge in [-0.25, -0.2) is 4.39 Å². The van der Waals surface area contributed by atoms with Gasteiger partial charge in [0.1, 0.15) is 18.2 Å². The van der Waals surface area contributed by atoms with Gasteiger partial charge in [0.2, 0.25) is 0 Å². The summed E-state index contributed by atoms with van der Waals surface area (Å²) in [5, 5.41) is 8.88. The zero-order chi connectivity index (χ0) is 20.8. The molecule has 4 nitrogen and oxygen atoms in total. The number of halogens is 4. The van der Waals surface area contributed by atoms with Crippen LogP contribution in [0.5, 0.6) is 5.75 Å². The molecule has 4 rings (SSSR count). The van der Waals surface area contributed by atoms with Crippen molar-refractivity contribution in [3.63, 3.8) is 0 Å². The van der Waals surface area contributed by atoms with Gasteiger partial charge in [0.05, 0.1) is 12.1 Å².